The number of carbonyl (C=O) groups excluding carboxylic acids is 1. The summed E-state index contributed by atoms with van der Waals surface area (Å²) in [5.74, 6) is 0.819. The van der Waals surface area contributed by atoms with Gasteiger partial charge < -0.3 is 15.4 Å². The number of ether oxygens (including phenoxy) is 1. The number of carbonyl (C=O) groups is 1. The van der Waals surface area contributed by atoms with Gasteiger partial charge in [-0.3, -0.25) is 4.79 Å². The van der Waals surface area contributed by atoms with Crippen molar-refractivity contribution in [2.75, 3.05) is 25.0 Å². The minimum Gasteiger partial charge on any atom is -0.494 e. The third-order valence-corrected chi connectivity index (χ3v) is 2.60. The van der Waals surface area contributed by atoms with Crippen molar-refractivity contribution in [2.45, 2.75) is 33.1 Å². The van der Waals surface area contributed by atoms with E-state index in [4.69, 9.17) is 4.74 Å². The predicted molar refractivity (Wildman–Crippen MR) is 78.6 cm³/mol. The van der Waals surface area contributed by atoms with Gasteiger partial charge in [-0.05, 0) is 43.7 Å². The molecule has 0 spiro atoms. The van der Waals surface area contributed by atoms with E-state index >= 15 is 0 Å². The average molecular weight is 264 g/mol. The second-order valence-corrected chi connectivity index (χ2v) is 4.45. The van der Waals surface area contributed by atoms with Gasteiger partial charge in [-0.25, -0.2) is 0 Å². The van der Waals surface area contributed by atoms with Crippen LogP contribution >= 0.6 is 0 Å². The molecule has 1 rings (SSSR count). The second-order valence-electron chi connectivity index (χ2n) is 4.45. The number of hydrogen-bond donors (Lipinski definition) is 2. The highest BCUT2D eigenvalue weighted by molar-refractivity contribution is 5.92. The fraction of sp³-hybridized carbons (Fsp3) is 0.533. The Hall–Kier alpha value is -1.55. The first-order valence-corrected chi connectivity index (χ1v) is 6.99. The molecule has 19 heavy (non-hydrogen) atoms. The Kier molecular flexibility index (Phi) is 7.66. The van der Waals surface area contributed by atoms with Crippen LogP contribution in [-0.4, -0.2) is 25.6 Å². The van der Waals surface area contributed by atoms with E-state index in [-0.39, 0.29) is 5.91 Å². The van der Waals surface area contributed by atoms with Crippen LogP contribution in [0.4, 0.5) is 5.69 Å². The van der Waals surface area contributed by atoms with Crippen molar-refractivity contribution in [2.24, 2.45) is 0 Å². The number of anilines is 1. The summed E-state index contributed by atoms with van der Waals surface area (Å²) in [5.41, 5.74) is 0.797. The fourth-order valence-electron chi connectivity index (χ4n) is 1.56. The highest BCUT2D eigenvalue weighted by Crippen LogP contribution is 2.15. The molecule has 0 fully saturated rings. The van der Waals surface area contributed by atoms with Crippen LogP contribution < -0.4 is 15.4 Å². The number of rotatable bonds is 9. The smallest absolute Gasteiger partial charge is 0.238 e. The molecule has 0 bridgehead atoms. The molecule has 0 aliphatic rings. The van der Waals surface area contributed by atoms with Gasteiger partial charge >= 0.3 is 0 Å². The third-order valence-electron chi connectivity index (χ3n) is 2.60. The van der Waals surface area contributed by atoms with Gasteiger partial charge in [0.25, 0.3) is 0 Å². The number of amides is 1. The maximum atomic E-state index is 11.6. The maximum Gasteiger partial charge on any atom is 0.238 e. The Labute approximate surface area is 115 Å². The van der Waals surface area contributed by atoms with Crippen LogP contribution in [0.15, 0.2) is 24.3 Å². The summed E-state index contributed by atoms with van der Waals surface area (Å²) in [6.45, 7) is 6.15. The van der Waals surface area contributed by atoms with Crippen LogP contribution in [0, 0.1) is 0 Å². The van der Waals surface area contributed by atoms with E-state index in [2.05, 4.69) is 24.5 Å². The lowest BCUT2D eigenvalue weighted by molar-refractivity contribution is -0.115. The Morgan fingerprint density at radius 3 is 2.53 bits per heavy atom. The van der Waals surface area contributed by atoms with Crippen LogP contribution in [-0.2, 0) is 4.79 Å². The first-order chi connectivity index (χ1) is 9.26. The first-order valence-electron chi connectivity index (χ1n) is 6.99. The first kappa shape index (κ1) is 15.5. The molecule has 0 aromatic heterocycles. The number of nitrogens with one attached hydrogen (secondary N) is 2. The Morgan fingerprint density at radius 1 is 1.16 bits per heavy atom. The highest BCUT2D eigenvalue weighted by atomic mass is 16.5. The molecular formula is C15H24N2O2. The Bertz CT molecular complexity index is 363. The van der Waals surface area contributed by atoms with Gasteiger partial charge in [0.2, 0.25) is 5.91 Å². The normalized spacial score (nSPS) is 10.2. The number of benzene rings is 1. The van der Waals surface area contributed by atoms with Crippen molar-refractivity contribution < 1.29 is 9.53 Å². The third kappa shape index (κ3) is 6.82. The molecule has 1 amide bonds. The molecule has 0 radical (unpaired) electrons. The molecule has 0 aliphatic carbocycles. The summed E-state index contributed by atoms with van der Waals surface area (Å²) in [6.07, 6.45) is 3.21. The van der Waals surface area contributed by atoms with Gasteiger partial charge in [-0.1, -0.05) is 20.3 Å². The molecule has 4 heteroatoms. The van der Waals surface area contributed by atoms with E-state index in [1.54, 1.807) is 0 Å². The average Bonchev–Trinajstić information content (AvgIpc) is 2.43. The summed E-state index contributed by atoms with van der Waals surface area (Å²) in [5, 5.41) is 5.95. The lowest BCUT2D eigenvalue weighted by Crippen LogP contribution is -2.28. The highest BCUT2D eigenvalue weighted by Gasteiger charge is 2.01. The number of hydrogen-bond acceptors (Lipinski definition) is 3. The zero-order valence-corrected chi connectivity index (χ0v) is 11.9. The SMILES string of the molecule is CCCCNCC(=O)Nc1ccc(OCCC)cc1. The van der Waals surface area contributed by atoms with Crippen molar-refractivity contribution in [1.82, 2.24) is 5.32 Å². The lowest BCUT2D eigenvalue weighted by atomic mass is 10.3. The van der Waals surface area contributed by atoms with Gasteiger partial charge in [0, 0.05) is 5.69 Å². The van der Waals surface area contributed by atoms with Gasteiger partial charge in [0.15, 0.2) is 0 Å². The van der Waals surface area contributed by atoms with Crippen molar-refractivity contribution in [1.29, 1.82) is 0 Å². The summed E-state index contributed by atoms with van der Waals surface area (Å²) < 4.78 is 5.48. The van der Waals surface area contributed by atoms with Crippen molar-refractivity contribution in [3.63, 3.8) is 0 Å². The van der Waals surface area contributed by atoms with E-state index in [0.717, 1.165) is 37.2 Å². The monoisotopic (exact) mass is 264 g/mol. The maximum absolute atomic E-state index is 11.6. The minimum absolute atomic E-state index is 0.0154. The molecule has 1 aromatic carbocycles. The predicted octanol–water partition coefficient (Wildman–Crippen LogP) is 2.80. The lowest BCUT2D eigenvalue weighted by Gasteiger charge is -2.08. The van der Waals surface area contributed by atoms with Crippen LogP contribution in [0.25, 0.3) is 0 Å². The molecule has 0 unspecified atom stereocenters. The van der Waals surface area contributed by atoms with Crippen LogP contribution in [0.3, 0.4) is 0 Å². The Morgan fingerprint density at radius 2 is 1.89 bits per heavy atom. The zero-order valence-electron chi connectivity index (χ0n) is 11.9. The Balaban J connectivity index is 2.29. The molecule has 0 saturated carbocycles. The van der Waals surface area contributed by atoms with E-state index in [1.807, 2.05) is 24.3 Å². The van der Waals surface area contributed by atoms with Crippen molar-refractivity contribution >= 4 is 11.6 Å². The molecule has 0 heterocycles. The molecule has 0 saturated heterocycles. The quantitative estimate of drug-likeness (QED) is 0.674. The topological polar surface area (TPSA) is 50.4 Å². The molecule has 0 atom stereocenters. The summed E-state index contributed by atoms with van der Waals surface area (Å²) in [7, 11) is 0. The van der Waals surface area contributed by atoms with Gasteiger partial charge in [-0.15, -0.1) is 0 Å². The van der Waals surface area contributed by atoms with E-state index < -0.39 is 0 Å². The molecule has 2 N–H and O–H groups in total. The summed E-state index contributed by atoms with van der Waals surface area (Å²) >= 11 is 0. The van der Waals surface area contributed by atoms with Gasteiger partial charge in [0.1, 0.15) is 5.75 Å². The second kappa shape index (κ2) is 9.39. The summed E-state index contributed by atoms with van der Waals surface area (Å²) in [4.78, 5) is 11.6. The van der Waals surface area contributed by atoms with Gasteiger partial charge in [-0.2, -0.15) is 0 Å². The molecule has 0 aliphatic heterocycles. The van der Waals surface area contributed by atoms with Crippen molar-refractivity contribution in [3.8, 4) is 5.75 Å². The fourth-order valence-corrected chi connectivity index (χ4v) is 1.56. The van der Waals surface area contributed by atoms with Crippen LogP contribution in [0.1, 0.15) is 33.1 Å². The van der Waals surface area contributed by atoms with Gasteiger partial charge in [0.05, 0.1) is 13.2 Å². The van der Waals surface area contributed by atoms with Crippen molar-refractivity contribution in [3.05, 3.63) is 24.3 Å². The standard InChI is InChI=1S/C15H24N2O2/c1-3-5-10-16-12-15(18)17-13-6-8-14(9-7-13)19-11-4-2/h6-9,16H,3-5,10-12H2,1-2H3,(H,17,18). The largest absolute Gasteiger partial charge is 0.494 e. The van der Waals surface area contributed by atoms with Crippen LogP contribution in [0.5, 0.6) is 5.75 Å². The minimum atomic E-state index is -0.0154. The van der Waals surface area contributed by atoms with E-state index in [1.165, 1.54) is 0 Å². The number of unbranched alkanes of at least 4 members (excludes halogenated alkanes) is 1. The summed E-state index contributed by atoms with van der Waals surface area (Å²) in [6, 6.07) is 7.45. The zero-order chi connectivity index (χ0) is 13.9. The molecule has 1 aromatic rings. The van der Waals surface area contributed by atoms with Crippen LogP contribution in [0.2, 0.25) is 0 Å². The molecule has 4 nitrogen and oxygen atoms in total. The molecular weight excluding hydrogens is 240 g/mol. The van der Waals surface area contributed by atoms with E-state index in [9.17, 15) is 4.79 Å². The molecule has 106 valence electrons. The van der Waals surface area contributed by atoms with E-state index in [0.29, 0.717) is 13.2 Å².